The van der Waals surface area contributed by atoms with Gasteiger partial charge in [0.25, 0.3) is 5.92 Å². The zero-order valence-corrected chi connectivity index (χ0v) is 3.53. The quantitative estimate of drug-likeness (QED) is 0.453. The summed E-state index contributed by atoms with van der Waals surface area (Å²) in [5.74, 6) is -3.62. The number of rotatable bonds is 1. The molecule has 0 saturated heterocycles. The van der Waals surface area contributed by atoms with Crippen LogP contribution in [0.2, 0.25) is 0 Å². The van der Waals surface area contributed by atoms with Gasteiger partial charge in [-0.15, -0.1) is 0 Å². The second kappa shape index (κ2) is 1.02. The number of alkyl halides is 2. The van der Waals surface area contributed by atoms with Crippen molar-refractivity contribution in [1.29, 1.82) is 0 Å². The van der Waals surface area contributed by atoms with Crippen LogP contribution in [0.15, 0.2) is 0 Å². The topological polar surface area (TPSA) is 17.1 Å². The van der Waals surface area contributed by atoms with Crippen LogP contribution in [0.5, 0.6) is 0 Å². The van der Waals surface area contributed by atoms with Gasteiger partial charge in [-0.25, -0.2) is 8.78 Å². The summed E-state index contributed by atoms with van der Waals surface area (Å²) >= 11 is 0. The van der Waals surface area contributed by atoms with Crippen molar-refractivity contribution in [1.82, 2.24) is 0 Å². The molecule has 0 aromatic heterocycles. The van der Waals surface area contributed by atoms with Crippen LogP contribution in [0, 0.1) is 5.92 Å². The lowest BCUT2D eigenvalue weighted by Gasteiger charge is -1.81. The largest absolute Gasteiger partial charge is 0.303 e. The van der Waals surface area contributed by atoms with Crippen molar-refractivity contribution in [2.45, 2.75) is 12.3 Å². The number of halogens is 2. The molecule has 0 aromatic rings. The maximum absolute atomic E-state index is 11.6. The molecule has 0 N–H and O–H groups in total. The smallest absolute Gasteiger partial charge is 0.258 e. The van der Waals surface area contributed by atoms with Gasteiger partial charge in [-0.05, 0) is 0 Å². The van der Waals surface area contributed by atoms with Gasteiger partial charge in [0.05, 0.1) is 5.92 Å². The lowest BCUT2D eigenvalue weighted by Crippen LogP contribution is -1.92. The van der Waals surface area contributed by atoms with Gasteiger partial charge in [0.15, 0.2) is 0 Å². The van der Waals surface area contributed by atoms with Gasteiger partial charge in [-0.3, -0.25) is 0 Å². The normalized spacial score (nSPS) is 34.9. The first kappa shape index (κ1) is 4.68. The Bertz CT molecular complexity index is 99.9. The minimum atomic E-state index is -2.65. The maximum atomic E-state index is 11.6. The van der Waals surface area contributed by atoms with Crippen molar-refractivity contribution < 1.29 is 13.6 Å². The van der Waals surface area contributed by atoms with E-state index in [9.17, 15) is 13.6 Å². The Hall–Kier alpha value is -0.470. The van der Waals surface area contributed by atoms with E-state index < -0.39 is 11.8 Å². The third-order valence-electron chi connectivity index (χ3n) is 1.04. The molecule has 0 spiro atoms. The molecule has 0 aliphatic heterocycles. The Balaban J connectivity index is 2.44. The summed E-state index contributed by atoms with van der Waals surface area (Å²) in [6.45, 7) is 0. The highest BCUT2D eigenvalue weighted by Crippen LogP contribution is 2.46. The predicted molar refractivity (Wildman–Crippen MR) is 19.1 cm³/mol. The molecule has 1 nitrogen and oxygen atoms in total. The molecule has 40 valence electrons. The molecule has 1 aliphatic rings. The van der Waals surface area contributed by atoms with Crippen molar-refractivity contribution in [3.8, 4) is 0 Å². The van der Waals surface area contributed by atoms with E-state index in [2.05, 4.69) is 0 Å². The molecule has 1 unspecified atom stereocenters. The Morgan fingerprint density at radius 2 is 2.14 bits per heavy atom. The highest BCUT2D eigenvalue weighted by molar-refractivity contribution is 5.60. The minimum Gasteiger partial charge on any atom is -0.303 e. The number of carbonyl (C=O) groups excluding carboxylic acids is 1. The molecule has 1 atom stereocenters. The van der Waals surface area contributed by atoms with Crippen molar-refractivity contribution in [3.63, 3.8) is 0 Å². The summed E-state index contributed by atoms with van der Waals surface area (Å²) in [7, 11) is 0. The van der Waals surface area contributed by atoms with Crippen LogP contribution in [0.3, 0.4) is 0 Å². The van der Waals surface area contributed by atoms with E-state index in [4.69, 9.17) is 0 Å². The molecule has 3 heteroatoms. The fraction of sp³-hybridized carbons (Fsp3) is 0.750. The third-order valence-corrected chi connectivity index (χ3v) is 1.04. The molecule has 7 heavy (non-hydrogen) atoms. The molecule has 0 radical (unpaired) electrons. The van der Waals surface area contributed by atoms with Crippen molar-refractivity contribution >= 4 is 6.29 Å². The lowest BCUT2D eigenvalue weighted by atomic mass is 10.5. The lowest BCUT2D eigenvalue weighted by molar-refractivity contribution is -0.110. The van der Waals surface area contributed by atoms with Crippen LogP contribution in [0.1, 0.15) is 6.42 Å². The summed E-state index contributed by atoms with van der Waals surface area (Å²) in [6, 6.07) is 0. The molecular formula is C4H4F2O. The van der Waals surface area contributed by atoms with Gasteiger partial charge in [0.1, 0.15) is 6.29 Å². The Labute approximate surface area is 39.3 Å². The number of carbonyl (C=O) groups is 1. The Morgan fingerprint density at radius 3 is 2.14 bits per heavy atom. The second-order valence-electron chi connectivity index (χ2n) is 1.71. The van der Waals surface area contributed by atoms with Crippen molar-refractivity contribution in [3.05, 3.63) is 0 Å². The molecule has 0 amide bonds. The molecule has 0 heterocycles. The molecule has 1 saturated carbocycles. The van der Waals surface area contributed by atoms with E-state index in [1.807, 2.05) is 0 Å². The summed E-state index contributed by atoms with van der Waals surface area (Å²) in [5, 5.41) is 0. The molecule has 0 aromatic carbocycles. The van der Waals surface area contributed by atoms with E-state index >= 15 is 0 Å². The van der Waals surface area contributed by atoms with E-state index in [0.717, 1.165) is 0 Å². The first-order valence-electron chi connectivity index (χ1n) is 2.00. The fourth-order valence-electron chi connectivity index (χ4n) is 0.382. The summed E-state index contributed by atoms with van der Waals surface area (Å²) in [6.07, 6.45) is 0.0660. The van der Waals surface area contributed by atoms with Crippen LogP contribution in [0.25, 0.3) is 0 Å². The highest BCUT2D eigenvalue weighted by Gasteiger charge is 2.56. The standard InChI is InChI=1S/C4H4F2O/c5-4(6)1-3(4)2-7/h2-3H,1H2. The zero-order chi connectivity index (χ0) is 5.49. The average Bonchev–Trinajstić information content (AvgIpc) is 2.13. The summed E-state index contributed by atoms with van der Waals surface area (Å²) < 4.78 is 23.1. The molecule has 1 rings (SSSR count). The zero-order valence-electron chi connectivity index (χ0n) is 3.53. The van der Waals surface area contributed by atoms with Crippen LogP contribution < -0.4 is 0 Å². The Kier molecular flexibility index (Phi) is 0.685. The molecular weight excluding hydrogens is 102 g/mol. The van der Waals surface area contributed by atoms with E-state index in [-0.39, 0.29) is 6.42 Å². The third kappa shape index (κ3) is 0.621. The van der Waals surface area contributed by atoms with Crippen molar-refractivity contribution in [2.75, 3.05) is 0 Å². The summed E-state index contributed by atoms with van der Waals surface area (Å²) in [5.41, 5.74) is 0. The number of aldehydes is 1. The van der Waals surface area contributed by atoms with Crippen LogP contribution in [0.4, 0.5) is 8.78 Å². The monoisotopic (exact) mass is 106 g/mol. The SMILES string of the molecule is O=CC1CC1(F)F. The van der Waals surface area contributed by atoms with Crippen LogP contribution in [-0.4, -0.2) is 12.2 Å². The average molecular weight is 106 g/mol. The van der Waals surface area contributed by atoms with Gasteiger partial charge in [0, 0.05) is 6.42 Å². The van der Waals surface area contributed by atoms with Gasteiger partial charge >= 0.3 is 0 Å². The second-order valence-corrected chi connectivity index (χ2v) is 1.71. The van der Waals surface area contributed by atoms with Crippen LogP contribution >= 0.6 is 0 Å². The molecule has 1 aliphatic carbocycles. The number of hydrogen-bond donors (Lipinski definition) is 0. The van der Waals surface area contributed by atoms with Gasteiger partial charge in [-0.1, -0.05) is 0 Å². The molecule has 1 fully saturated rings. The fourth-order valence-corrected chi connectivity index (χ4v) is 0.382. The van der Waals surface area contributed by atoms with Gasteiger partial charge in [-0.2, -0.15) is 0 Å². The minimum absolute atomic E-state index is 0.240. The number of hydrogen-bond acceptors (Lipinski definition) is 1. The van der Waals surface area contributed by atoms with Crippen LogP contribution in [-0.2, 0) is 4.79 Å². The summed E-state index contributed by atoms with van der Waals surface area (Å²) in [4.78, 5) is 9.50. The predicted octanol–water partition coefficient (Wildman–Crippen LogP) is 0.841. The highest BCUT2D eigenvalue weighted by atomic mass is 19.3. The van der Waals surface area contributed by atoms with Gasteiger partial charge in [0.2, 0.25) is 0 Å². The maximum Gasteiger partial charge on any atom is 0.258 e. The van der Waals surface area contributed by atoms with E-state index in [1.165, 1.54) is 0 Å². The van der Waals surface area contributed by atoms with E-state index in [0.29, 0.717) is 6.29 Å². The molecule has 0 bridgehead atoms. The first-order valence-corrected chi connectivity index (χ1v) is 2.00. The van der Waals surface area contributed by atoms with Crippen molar-refractivity contribution in [2.24, 2.45) is 5.92 Å². The van der Waals surface area contributed by atoms with E-state index in [1.54, 1.807) is 0 Å². The van der Waals surface area contributed by atoms with Gasteiger partial charge < -0.3 is 4.79 Å². The first-order chi connectivity index (χ1) is 3.17. The Morgan fingerprint density at radius 1 is 1.71 bits per heavy atom.